The maximum Gasteiger partial charge on any atom is 0.237 e. The van der Waals surface area contributed by atoms with Crippen LogP contribution >= 0.6 is 0 Å². The minimum absolute atomic E-state index is 0.0113. The molecule has 6 aliphatic rings. The number of carbonyl (C=O) groups excluding carboxylic acids is 1. The van der Waals surface area contributed by atoms with E-state index in [4.69, 9.17) is 5.73 Å². The van der Waals surface area contributed by atoms with E-state index < -0.39 is 47.2 Å². The van der Waals surface area contributed by atoms with Crippen LogP contribution < -0.4 is 21.7 Å². The number of rotatable bonds is 5. The van der Waals surface area contributed by atoms with Gasteiger partial charge in [-0.25, -0.2) is 8.78 Å². The van der Waals surface area contributed by atoms with Crippen molar-refractivity contribution in [3.63, 3.8) is 0 Å². The fourth-order valence-electron chi connectivity index (χ4n) is 8.01. The van der Waals surface area contributed by atoms with E-state index in [0.29, 0.717) is 35.9 Å². The monoisotopic (exact) mass is 564 g/mol. The molecule has 5 N–H and O–H groups in total. The van der Waals surface area contributed by atoms with Gasteiger partial charge < -0.3 is 35.6 Å². The van der Waals surface area contributed by atoms with Gasteiger partial charge in [0.1, 0.15) is 30.0 Å². The Kier molecular flexibility index (Phi) is 7.97. The number of likely N-dealkylation sites (N-methyl/N-ethyl adjacent to an activating group) is 1. The molecule has 0 aliphatic carbocycles. The van der Waals surface area contributed by atoms with Gasteiger partial charge >= 0.3 is 0 Å². The Morgan fingerprint density at radius 2 is 1.88 bits per heavy atom. The number of likely N-dealkylation sites (tertiary alicyclic amines) is 1. The fourth-order valence-corrected chi connectivity index (χ4v) is 8.01. The topological polar surface area (TPSA) is 112 Å². The quantitative estimate of drug-likeness (QED) is 0.207. The lowest BCUT2D eigenvalue weighted by molar-refractivity contribution is -0.918. The van der Waals surface area contributed by atoms with Crippen LogP contribution in [0.15, 0.2) is 23.0 Å². The summed E-state index contributed by atoms with van der Waals surface area (Å²) >= 11 is 0. The Hall–Kier alpha value is -1.67. The van der Waals surface area contributed by atoms with Crippen LogP contribution in [0, 0.1) is 17.0 Å². The third-order valence-corrected chi connectivity index (χ3v) is 10.4. The van der Waals surface area contributed by atoms with Crippen molar-refractivity contribution in [1.29, 1.82) is 0 Å². The molecule has 2 bridgehead atoms. The van der Waals surface area contributed by atoms with Crippen molar-refractivity contribution < 1.29 is 18.2 Å². The minimum Gasteiger partial charge on any atom is -0.626 e. The number of alkyl halides is 2. The van der Waals surface area contributed by atoms with Gasteiger partial charge in [0.2, 0.25) is 5.91 Å². The maximum absolute atomic E-state index is 15.5. The van der Waals surface area contributed by atoms with Crippen molar-refractivity contribution >= 4 is 5.91 Å². The van der Waals surface area contributed by atoms with Gasteiger partial charge in [-0.2, -0.15) is 0 Å². The van der Waals surface area contributed by atoms with Gasteiger partial charge in [-0.15, -0.1) is 0 Å². The smallest absolute Gasteiger partial charge is 0.237 e. The highest BCUT2D eigenvalue weighted by atomic mass is 19.1. The molecule has 40 heavy (non-hydrogen) atoms. The first-order chi connectivity index (χ1) is 19.2. The maximum atomic E-state index is 15.5. The Labute approximate surface area is 236 Å². The number of nitrogens with one attached hydrogen (secondary N) is 3. The molecule has 0 spiro atoms. The summed E-state index contributed by atoms with van der Waals surface area (Å²) in [6, 6.07) is -1.35. The van der Waals surface area contributed by atoms with E-state index in [2.05, 4.69) is 37.7 Å². The highest BCUT2D eigenvalue weighted by molar-refractivity contribution is 5.83. The predicted molar refractivity (Wildman–Crippen MR) is 149 cm³/mol. The molecule has 6 heterocycles. The van der Waals surface area contributed by atoms with Crippen LogP contribution in [0.25, 0.3) is 0 Å². The van der Waals surface area contributed by atoms with Gasteiger partial charge in [-0.1, -0.05) is 0 Å². The van der Waals surface area contributed by atoms with Gasteiger partial charge in [0.15, 0.2) is 6.17 Å². The predicted octanol–water partition coefficient (Wildman–Crippen LogP) is -0.159. The second-order valence-electron chi connectivity index (χ2n) is 12.9. The van der Waals surface area contributed by atoms with E-state index in [-0.39, 0.29) is 19.0 Å². The number of fused-ring (bicyclic) bond motifs is 2. The summed E-state index contributed by atoms with van der Waals surface area (Å²) < 4.78 is 29.2. The number of amides is 1. The zero-order valence-corrected chi connectivity index (χ0v) is 23.8. The van der Waals surface area contributed by atoms with Gasteiger partial charge in [0.05, 0.1) is 24.2 Å². The summed E-state index contributed by atoms with van der Waals surface area (Å²) in [5.74, 6) is -0.683. The molecule has 0 aromatic carbocycles. The lowest BCUT2D eigenvalue weighted by atomic mass is 9.90. The Morgan fingerprint density at radius 1 is 1.15 bits per heavy atom. The van der Waals surface area contributed by atoms with Crippen molar-refractivity contribution in [3.05, 3.63) is 28.3 Å². The molecule has 0 radical (unpaired) electrons. The first kappa shape index (κ1) is 28.4. The SMILES string of the molecule is C/C1=C\C(F)CNC2=C3CC1[N+]3([O-])C(N)C2C(=O)NC1CNCC(F)C1N1CCC(CN2CCN(C)CC2)CC1. The number of piperidine rings is 2. The standard InChI is InChI=1S/C28H46F2N8O2/c1-17-11-19(29)13-33-25-23-12-22(17)38(23,40)27(31)24(25)28(39)34-21-15-32-14-20(30)26(21)37-5-3-18(4-6-37)16-36-9-7-35(2)8-10-36/h11,18-22,24,26-27,32-33H,3-10,12-16,31H2,1-2H3,(H,34,39)/b17-11+. The number of piperazine rings is 1. The van der Waals surface area contributed by atoms with Gasteiger partial charge in [0.25, 0.3) is 0 Å². The van der Waals surface area contributed by atoms with E-state index in [9.17, 15) is 14.4 Å². The molecule has 4 fully saturated rings. The summed E-state index contributed by atoms with van der Waals surface area (Å²) in [5, 5.41) is 23.2. The molecule has 6 aliphatic heterocycles. The van der Waals surface area contributed by atoms with Gasteiger partial charge in [-0.05, 0) is 57.5 Å². The largest absolute Gasteiger partial charge is 0.626 e. The van der Waals surface area contributed by atoms with Crippen molar-refractivity contribution in [1.82, 2.24) is 30.7 Å². The van der Waals surface area contributed by atoms with Crippen LogP contribution in [0.3, 0.4) is 0 Å². The average Bonchev–Trinajstić information content (AvgIpc) is 3.12. The zero-order chi connectivity index (χ0) is 28.2. The fraction of sp³-hybridized carbons (Fsp3) is 0.821. The summed E-state index contributed by atoms with van der Waals surface area (Å²) in [7, 11) is 2.17. The van der Waals surface area contributed by atoms with Crippen LogP contribution in [0.5, 0.6) is 0 Å². The number of hydrogen-bond donors (Lipinski definition) is 4. The van der Waals surface area contributed by atoms with E-state index >= 15 is 4.39 Å². The number of halogens is 2. The van der Waals surface area contributed by atoms with E-state index in [1.54, 1.807) is 6.92 Å². The zero-order valence-electron chi connectivity index (χ0n) is 23.8. The average molecular weight is 565 g/mol. The lowest BCUT2D eigenvalue weighted by Gasteiger charge is -2.57. The highest BCUT2D eigenvalue weighted by Gasteiger charge is 2.62. The first-order valence-corrected chi connectivity index (χ1v) is 15.1. The number of nitrogens with two attached hydrogens (primary N) is 1. The molecule has 1 amide bonds. The third kappa shape index (κ3) is 4.99. The molecule has 224 valence electrons. The molecule has 0 aromatic rings. The summed E-state index contributed by atoms with van der Waals surface area (Å²) in [6.07, 6.45) is 0.620. The molecule has 0 aromatic heterocycles. The van der Waals surface area contributed by atoms with Crippen molar-refractivity contribution in [3.8, 4) is 0 Å². The molecule has 6 rings (SSSR count). The number of hydrogen-bond acceptors (Lipinski definition) is 8. The Morgan fingerprint density at radius 3 is 2.60 bits per heavy atom. The van der Waals surface area contributed by atoms with Crippen LogP contribution in [-0.2, 0) is 4.79 Å². The molecule has 12 heteroatoms. The minimum atomic E-state index is -1.25. The second kappa shape index (κ2) is 11.2. The Balaban J connectivity index is 1.11. The van der Waals surface area contributed by atoms with E-state index in [1.807, 2.05) is 0 Å². The molecule has 4 saturated heterocycles. The van der Waals surface area contributed by atoms with Crippen molar-refractivity contribution in [2.75, 3.05) is 72.5 Å². The first-order valence-electron chi connectivity index (χ1n) is 15.1. The van der Waals surface area contributed by atoms with Crippen LogP contribution in [0.2, 0.25) is 0 Å². The van der Waals surface area contributed by atoms with Crippen molar-refractivity contribution in [2.45, 2.75) is 62.8 Å². The summed E-state index contributed by atoms with van der Waals surface area (Å²) in [4.78, 5) is 20.9. The normalized spacial score (nSPS) is 43.1. The van der Waals surface area contributed by atoms with Gasteiger partial charge in [0, 0.05) is 52.4 Å². The second-order valence-corrected chi connectivity index (χ2v) is 12.9. The molecular formula is C28H46F2N8O2. The van der Waals surface area contributed by atoms with Gasteiger partial charge in [-0.3, -0.25) is 15.4 Å². The number of carbonyl (C=O) groups is 1. The number of hydroxylamine groups is 3. The summed E-state index contributed by atoms with van der Waals surface area (Å²) in [5.41, 5.74) is 8.19. The van der Waals surface area contributed by atoms with Crippen LogP contribution in [0.4, 0.5) is 8.78 Å². The number of quaternary nitrogens is 1. The highest BCUT2D eigenvalue weighted by Crippen LogP contribution is 2.52. The van der Waals surface area contributed by atoms with E-state index in [0.717, 1.165) is 58.7 Å². The van der Waals surface area contributed by atoms with Crippen molar-refractivity contribution in [2.24, 2.45) is 17.6 Å². The third-order valence-electron chi connectivity index (χ3n) is 10.4. The van der Waals surface area contributed by atoms with Crippen LogP contribution in [0.1, 0.15) is 26.2 Å². The lowest BCUT2D eigenvalue weighted by Crippen LogP contribution is -2.69. The molecule has 8 unspecified atom stereocenters. The number of nitrogens with zero attached hydrogens (tertiary/aromatic N) is 4. The molecule has 10 nitrogen and oxygen atoms in total. The van der Waals surface area contributed by atoms with E-state index in [1.165, 1.54) is 6.08 Å². The summed E-state index contributed by atoms with van der Waals surface area (Å²) in [6.45, 7) is 9.60. The van der Waals surface area contributed by atoms with Crippen LogP contribution in [-0.4, -0.2) is 134 Å². The molecule has 8 atom stereocenters. The molecule has 0 saturated carbocycles. The Bertz CT molecular complexity index is 1030. The molecular weight excluding hydrogens is 518 g/mol.